The van der Waals surface area contributed by atoms with E-state index in [1.165, 1.54) is 10.9 Å². The molecule has 0 spiro atoms. The molecule has 6 aromatic rings. The van der Waals surface area contributed by atoms with E-state index < -0.39 is 162 Å². The number of rotatable bonds is 21. The minimum Gasteiger partial charge on any atom is -0.387 e. The Hall–Kier alpha value is -4.95. The zero-order valence-electron chi connectivity index (χ0n) is 41.0. The van der Waals surface area contributed by atoms with E-state index in [1.54, 1.807) is 0 Å². The third kappa shape index (κ3) is 12.1. The number of aliphatic hydroxyl groups excluding tert-OH is 8. The van der Waals surface area contributed by atoms with Crippen molar-refractivity contribution in [3.8, 4) is 0 Å². The molecule has 10 heterocycles. The molecule has 0 saturated carbocycles. The fraction of sp³-hybridized carbons (Fsp3) is 0.583. The maximum atomic E-state index is 13.9. The van der Waals surface area contributed by atoms with Gasteiger partial charge in [-0.3, -0.25) is 40.8 Å². The number of nitrogens with two attached hydrogens (primary N) is 3. The van der Waals surface area contributed by atoms with Gasteiger partial charge in [0.2, 0.25) is 0 Å². The van der Waals surface area contributed by atoms with Crippen molar-refractivity contribution in [3.63, 3.8) is 0 Å². The Morgan fingerprint density at radius 1 is 0.415 bits per heavy atom. The van der Waals surface area contributed by atoms with E-state index in [2.05, 4.69) is 53.7 Å². The third-order valence-electron chi connectivity index (χ3n) is 13.0. The molecule has 4 fully saturated rings. The second kappa shape index (κ2) is 23.1. The predicted molar refractivity (Wildman–Crippen MR) is 258 cm³/mol. The number of nitrogen functional groups attached to an aromatic ring is 3. The molecule has 5 unspecified atom stereocenters. The van der Waals surface area contributed by atoms with Gasteiger partial charge in [-0.15, -0.1) is 0 Å². The summed E-state index contributed by atoms with van der Waals surface area (Å²) in [5.74, 6) is -0.304. The smallest absolute Gasteiger partial charge is 0.387 e. The fourth-order valence-corrected chi connectivity index (χ4v) is 12.9. The number of aromatic nitrogens is 12. The molecule has 21 atom stereocenters. The third-order valence-corrected chi connectivity index (χ3v) is 17.5. The van der Waals surface area contributed by atoms with Crippen LogP contribution in [0, 0.1) is 0 Å². The van der Waals surface area contributed by atoms with Gasteiger partial charge in [0.25, 0.3) is 0 Å². The number of hydrogen-bond donors (Lipinski definition) is 15. The Labute approximate surface area is 454 Å². The Bertz CT molecular complexity index is 3500. The van der Waals surface area contributed by atoms with Gasteiger partial charge in [-0.2, -0.15) is 4.31 Å². The first kappa shape index (κ1) is 60.2. The molecule has 0 aliphatic carbocycles. The average Bonchev–Trinajstić information content (AvgIpc) is 2.99. The van der Waals surface area contributed by atoms with Crippen molar-refractivity contribution in [2.24, 2.45) is 0 Å². The molecule has 4 saturated heterocycles. The van der Waals surface area contributed by atoms with Gasteiger partial charge >= 0.3 is 31.3 Å². The maximum Gasteiger partial charge on any atom is 0.481 e. The van der Waals surface area contributed by atoms with Gasteiger partial charge in [-0.25, -0.2) is 63.1 Å². The van der Waals surface area contributed by atoms with Gasteiger partial charge in [0.05, 0.1) is 45.4 Å². The highest BCUT2D eigenvalue weighted by atomic mass is 31.3. The van der Waals surface area contributed by atoms with Crippen molar-refractivity contribution in [1.82, 2.24) is 58.6 Å². The van der Waals surface area contributed by atoms with Crippen LogP contribution in [-0.4, -0.2) is 231 Å². The Morgan fingerprint density at radius 2 is 0.744 bits per heavy atom. The molecule has 0 bridgehead atoms. The molecule has 10 rings (SSSR count). The summed E-state index contributed by atoms with van der Waals surface area (Å²) in [5.41, 5.74) is 17.7. The van der Waals surface area contributed by atoms with Crippen LogP contribution in [0.5, 0.6) is 0 Å². The number of hydrogen-bond acceptors (Lipinski definition) is 35. The van der Waals surface area contributed by atoms with Crippen molar-refractivity contribution in [1.29, 1.82) is 0 Å². The summed E-state index contributed by atoms with van der Waals surface area (Å²) in [6.07, 6.45) is -25.4. The van der Waals surface area contributed by atoms with E-state index >= 15 is 0 Å². The molecular formula is C36H49N15O27P4. The van der Waals surface area contributed by atoms with Gasteiger partial charge in [0.1, 0.15) is 115 Å². The zero-order chi connectivity index (χ0) is 59.0. The highest BCUT2D eigenvalue weighted by Gasteiger charge is 2.54. The molecule has 46 heteroatoms. The topological polar surface area (TPSA) is 621 Å². The SMILES string of the molecule is Nc1ncnc2c1ncn2[C@@H]1O[C@H](COP(=O)(O)O[C@@H]2[C@H](O)[C@@H](COP(=O)(O)O[C@@H]3[C@H](O)[C@@H](COP(=O)(O)OP(=O)(O)OC[C@@H]4OC(O)[C@H](O)[C@H](O)[C@H]4O)O[C@H]3n3cnc4c(N)ncnc43)O[C@H]2n2cnc3c(N)ncnc32)[C@@H](O)[C@H]1O. The van der Waals surface area contributed by atoms with Crippen LogP contribution in [0.4, 0.5) is 17.5 Å². The number of nitrogens with zero attached hydrogens (tertiary/aromatic N) is 12. The molecule has 6 aromatic heterocycles. The zero-order valence-corrected chi connectivity index (χ0v) is 44.6. The van der Waals surface area contributed by atoms with Gasteiger partial charge in [0.15, 0.2) is 59.4 Å². The van der Waals surface area contributed by atoms with Crippen LogP contribution >= 0.6 is 31.3 Å². The summed E-state index contributed by atoms with van der Waals surface area (Å²) in [4.78, 5) is 79.0. The molecule has 4 aliphatic rings. The van der Waals surface area contributed by atoms with Gasteiger partial charge in [0, 0.05) is 0 Å². The molecular weight excluding hydrogens is 1200 g/mol. The van der Waals surface area contributed by atoms with E-state index in [9.17, 15) is 78.7 Å². The van der Waals surface area contributed by atoms with Crippen molar-refractivity contribution < 1.29 is 129 Å². The minimum atomic E-state index is -5.76. The highest BCUT2D eigenvalue weighted by Crippen LogP contribution is 2.61. The molecule has 42 nitrogen and oxygen atoms in total. The van der Waals surface area contributed by atoms with Crippen LogP contribution in [-0.2, 0) is 68.7 Å². The first-order valence-corrected chi connectivity index (χ1v) is 29.4. The van der Waals surface area contributed by atoms with E-state index in [1.807, 2.05) is 0 Å². The van der Waals surface area contributed by atoms with Crippen molar-refractivity contribution in [3.05, 3.63) is 38.0 Å². The molecule has 4 aliphatic heterocycles. The summed E-state index contributed by atoms with van der Waals surface area (Å²) in [7, 11) is -22.5. The predicted octanol–water partition coefficient (Wildman–Crippen LogP) is -5.56. The lowest BCUT2D eigenvalue weighted by Gasteiger charge is -2.38. The van der Waals surface area contributed by atoms with Crippen LogP contribution in [0.1, 0.15) is 18.7 Å². The molecule has 0 radical (unpaired) electrons. The lowest BCUT2D eigenvalue weighted by Crippen LogP contribution is -2.58. The van der Waals surface area contributed by atoms with Crippen LogP contribution in [0.2, 0.25) is 0 Å². The number of ether oxygens (including phenoxy) is 4. The summed E-state index contributed by atoms with van der Waals surface area (Å²) in [6.45, 7) is -4.50. The number of phosphoric ester groups is 4. The largest absolute Gasteiger partial charge is 0.481 e. The molecule has 18 N–H and O–H groups in total. The molecule has 0 amide bonds. The maximum absolute atomic E-state index is 13.9. The number of imidazole rings is 3. The van der Waals surface area contributed by atoms with E-state index in [0.717, 1.165) is 40.8 Å². The summed E-state index contributed by atoms with van der Waals surface area (Å²) in [6, 6.07) is 0. The number of fused-ring (bicyclic) bond motifs is 3. The van der Waals surface area contributed by atoms with Crippen LogP contribution in [0.25, 0.3) is 33.5 Å². The monoisotopic (exact) mass is 1250 g/mol. The average molecular weight is 1250 g/mol. The Balaban J connectivity index is 0.825. The van der Waals surface area contributed by atoms with Crippen molar-refractivity contribution in [2.75, 3.05) is 43.6 Å². The first-order valence-electron chi connectivity index (χ1n) is 23.5. The van der Waals surface area contributed by atoms with Crippen LogP contribution in [0.3, 0.4) is 0 Å². The minimum absolute atomic E-state index is 0.00111. The highest BCUT2D eigenvalue weighted by molar-refractivity contribution is 7.61. The lowest BCUT2D eigenvalue weighted by atomic mass is 10.00. The van der Waals surface area contributed by atoms with Crippen molar-refractivity contribution >= 4 is 82.2 Å². The number of phosphoric acid groups is 4. The normalized spacial score (nSPS) is 34.6. The standard InChI is InChI=1S/C36H49N15O27P4/c37-27-15-30(43-5-40-27)49(8-46-15)33-23(57)19(53)11(72-33)1-68-79(60,61)76-25-20(54)13(73-34(25)50-9-47-16-28(38)41-6-44-31(16)50)3-69-80(62,63)77-26-21(55)14(74-35(26)51-10-48-17-29(39)42-7-45-32(17)51)4-71-82(66,67)78-81(64,65)70-2-12-18(52)22(56)24(58)36(59)75-12/h5-14,18-26,33-36,52-59H,1-4H2,(H,60,61)(H,62,63)(H,64,65)(H,66,67)(H2,37,40,43)(H2,38,41,44)(H2,39,42,45)/t11-,12+,13-,14-,18+,19-,20-,21-,22-,23-,24-,25-,26-,33-,34-,35-,36?/m1/s1. The Kier molecular flexibility index (Phi) is 17.0. The lowest BCUT2D eigenvalue weighted by molar-refractivity contribution is -0.285. The summed E-state index contributed by atoms with van der Waals surface area (Å²) in [5, 5.41) is 84.4. The van der Waals surface area contributed by atoms with Gasteiger partial charge < -0.3 is 96.6 Å². The molecule has 0 aromatic carbocycles. The van der Waals surface area contributed by atoms with Crippen LogP contribution < -0.4 is 17.2 Å². The van der Waals surface area contributed by atoms with E-state index in [4.69, 9.17) is 58.8 Å². The van der Waals surface area contributed by atoms with Crippen molar-refractivity contribution in [2.45, 2.75) is 104 Å². The summed E-state index contributed by atoms with van der Waals surface area (Å²) < 4.78 is 114. The second-order valence-electron chi connectivity index (χ2n) is 18.2. The second-order valence-corrected chi connectivity index (χ2v) is 24.1. The van der Waals surface area contributed by atoms with Crippen LogP contribution in [0.15, 0.2) is 38.0 Å². The number of aliphatic hydroxyl groups is 8. The van der Waals surface area contributed by atoms with E-state index in [-0.39, 0.29) is 50.9 Å². The molecule has 450 valence electrons. The summed E-state index contributed by atoms with van der Waals surface area (Å²) >= 11 is 0. The quantitative estimate of drug-likeness (QED) is 0.0299. The van der Waals surface area contributed by atoms with E-state index in [0.29, 0.717) is 0 Å². The number of anilines is 3. The van der Waals surface area contributed by atoms with Gasteiger partial charge in [-0.05, 0) is 0 Å². The first-order chi connectivity index (χ1) is 38.6. The molecule has 82 heavy (non-hydrogen) atoms. The fourth-order valence-electron chi connectivity index (χ4n) is 8.94. The van der Waals surface area contributed by atoms with Gasteiger partial charge in [-0.1, -0.05) is 0 Å². The Morgan fingerprint density at radius 3 is 1.15 bits per heavy atom.